The maximum absolute atomic E-state index is 6.36. The second-order valence-corrected chi connectivity index (χ2v) is 6.48. The summed E-state index contributed by atoms with van der Waals surface area (Å²) in [5, 5.41) is 1.51. The number of benzene rings is 1. The Morgan fingerprint density at radius 3 is 2.83 bits per heavy atom. The van der Waals surface area contributed by atoms with Crippen LogP contribution in [0.5, 0.6) is 0 Å². The van der Waals surface area contributed by atoms with Crippen molar-refractivity contribution in [2.45, 2.75) is 45.1 Å². The molecule has 3 unspecified atom stereocenters. The maximum Gasteiger partial charge on any atom is 0.0439 e. The number of rotatable bonds is 3. The summed E-state index contributed by atoms with van der Waals surface area (Å²) in [4.78, 5) is 0. The smallest absolute Gasteiger partial charge is 0.0439 e. The first-order valence-electron chi connectivity index (χ1n) is 6.75. The molecule has 0 heterocycles. The molecule has 3 atom stereocenters. The van der Waals surface area contributed by atoms with Gasteiger partial charge in [0.05, 0.1) is 0 Å². The molecule has 0 saturated heterocycles. The van der Waals surface area contributed by atoms with E-state index in [0.717, 1.165) is 27.9 Å². The van der Waals surface area contributed by atoms with Gasteiger partial charge in [0.1, 0.15) is 0 Å². The maximum atomic E-state index is 6.36. The van der Waals surface area contributed by atoms with Gasteiger partial charge in [0, 0.05) is 16.1 Å². The molecule has 1 nitrogen and oxygen atoms in total. The zero-order chi connectivity index (χ0) is 13.1. The SMILES string of the molecule is CC1CCCC(C(N)Cc2cc(Cl)ccc2Cl)C1. The number of halogens is 2. The van der Waals surface area contributed by atoms with Crippen LogP contribution in [0.1, 0.15) is 38.2 Å². The normalized spacial score (nSPS) is 26.0. The molecule has 0 spiro atoms. The fourth-order valence-corrected chi connectivity index (χ4v) is 3.38. The average Bonchev–Trinajstić information content (AvgIpc) is 2.34. The summed E-state index contributed by atoms with van der Waals surface area (Å²) in [7, 11) is 0. The van der Waals surface area contributed by atoms with Crippen molar-refractivity contribution < 1.29 is 0 Å². The standard InChI is InChI=1S/C15H21Cl2N/c1-10-3-2-4-11(7-10)15(18)9-12-8-13(16)5-6-14(12)17/h5-6,8,10-11,15H,2-4,7,9,18H2,1H3. The Bertz CT molecular complexity index is 405. The molecule has 1 aromatic carbocycles. The van der Waals surface area contributed by atoms with E-state index in [1.165, 1.54) is 25.7 Å². The summed E-state index contributed by atoms with van der Waals surface area (Å²) in [6.45, 7) is 2.32. The van der Waals surface area contributed by atoms with Crippen LogP contribution in [0.4, 0.5) is 0 Å². The molecule has 18 heavy (non-hydrogen) atoms. The molecular formula is C15H21Cl2N. The van der Waals surface area contributed by atoms with Gasteiger partial charge in [-0.25, -0.2) is 0 Å². The van der Waals surface area contributed by atoms with E-state index in [1.54, 1.807) is 0 Å². The molecule has 0 aromatic heterocycles. The van der Waals surface area contributed by atoms with Crippen LogP contribution in [-0.2, 0) is 6.42 Å². The highest BCUT2D eigenvalue weighted by molar-refractivity contribution is 6.33. The van der Waals surface area contributed by atoms with Crippen LogP contribution in [-0.4, -0.2) is 6.04 Å². The van der Waals surface area contributed by atoms with E-state index >= 15 is 0 Å². The zero-order valence-corrected chi connectivity index (χ0v) is 12.3. The fraction of sp³-hybridized carbons (Fsp3) is 0.600. The Morgan fingerprint density at radius 2 is 2.11 bits per heavy atom. The van der Waals surface area contributed by atoms with Crippen molar-refractivity contribution in [1.29, 1.82) is 0 Å². The molecule has 3 heteroatoms. The van der Waals surface area contributed by atoms with Crippen molar-refractivity contribution in [3.05, 3.63) is 33.8 Å². The second kappa shape index (κ2) is 6.27. The molecule has 2 N–H and O–H groups in total. The third-order valence-electron chi connectivity index (χ3n) is 4.05. The molecule has 100 valence electrons. The van der Waals surface area contributed by atoms with E-state index in [1.807, 2.05) is 18.2 Å². The Labute approximate surface area is 120 Å². The van der Waals surface area contributed by atoms with Crippen LogP contribution in [0.25, 0.3) is 0 Å². The molecule has 1 fully saturated rings. The molecule has 1 aromatic rings. The fourth-order valence-electron chi connectivity index (χ4n) is 2.99. The lowest BCUT2D eigenvalue weighted by atomic mass is 9.77. The monoisotopic (exact) mass is 285 g/mol. The lowest BCUT2D eigenvalue weighted by Crippen LogP contribution is -2.35. The number of hydrogen-bond donors (Lipinski definition) is 1. The molecule has 2 rings (SSSR count). The summed E-state index contributed by atoms with van der Waals surface area (Å²) in [5.74, 6) is 1.44. The Balaban J connectivity index is 2.01. The lowest BCUT2D eigenvalue weighted by Gasteiger charge is -2.31. The first-order chi connectivity index (χ1) is 8.56. The zero-order valence-electron chi connectivity index (χ0n) is 10.8. The second-order valence-electron chi connectivity index (χ2n) is 5.64. The van der Waals surface area contributed by atoms with Crippen LogP contribution < -0.4 is 5.73 Å². The quantitative estimate of drug-likeness (QED) is 0.857. The van der Waals surface area contributed by atoms with Crippen molar-refractivity contribution in [2.75, 3.05) is 0 Å². The van der Waals surface area contributed by atoms with E-state index in [0.29, 0.717) is 5.92 Å². The summed E-state index contributed by atoms with van der Waals surface area (Å²) in [5.41, 5.74) is 7.44. The highest BCUT2D eigenvalue weighted by atomic mass is 35.5. The van der Waals surface area contributed by atoms with E-state index in [2.05, 4.69) is 6.92 Å². The molecule has 1 aliphatic carbocycles. The van der Waals surface area contributed by atoms with Crippen molar-refractivity contribution >= 4 is 23.2 Å². The minimum Gasteiger partial charge on any atom is -0.327 e. The summed E-state index contributed by atoms with van der Waals surface area (Å²) < 4.78 is 0. The van der Waals surface area contributed by atoms with E-state index < -0.39 is 0 Å². The van der Waals surface area contributed by atoms with Crippen LogP contribution >= 0.6 is 23.2 Å². The van der Waals surface area contributed by atoms with Crippen molar-refractivity contribution in [2.24, 2.45) is 17.6 Å². The molecular weight excluding hydrogens is 265 g/mol. The van der Waals surface area contributed by atoms with Gasteiger partial charge in [-0.2, -0.15) is 0 Å². The minimum absolute atomic E-state index is 0.198. The number of hydrogen-bond acceptors (Lipinski definition) is 1. The first kappa shape index (κ1) is 14.2. The summed E-state index contributed by atoms with van der Waals surface area (Å²) in [6.07, 6.45) is 5.99. The molecule has 1 saturated carbocycles. The highest BCUT2D eigenvalue weighted by Crippen LogP contribution is 2.32. The third-order valence-corrected chi connectivity index (χ3v) is 4.65. The van der Waals surface area contributed by atoms with Gasteiger partial charge in [-0.05, 0) is 54.9 Å². The molecule has 0 bridgehead atoms. The van der Waals surface area contributed by atoms with Gasteiger partial charge >= 0.3 is 0 Å². The minimum atomic E-state index is 0.198. The molecule has 1 aliphatic rings. The molecule has 0 amide bonds. The summed E-state index contributed by atoms with van der Waals surface area (Å²) in [6, 6.07) is 5.82. The third kappa shape index (κ3) is 3.63. The van der Waals surface area contributed by atoms with E-state index in [4.69, 9.17) is 28.9 Å². The predicted octanol–water partition coefficient (Wildman–Crippen LogP) is 4.69. The van der Waals surface area contributed by atoms with Gasteiger partial charge in [-0.15, -0.1) is 0 Å². The topological polar surface area (TPSA) is 26.0 Å². The van der Waals surface area contributed by atoms with Crippen molar-refractivity contribution in [3.63, 3.8) is 0 Å². The number of nitrogens with two attached hydrogens (primary N) is 1. The van der Waals surface area contributed by atoms with Gasteiger partial charge < -0.3 is 5.73 Å². The van der Waals surface area contributed by atoms with Gasteiger partial charge in [-0.3, -0.25) is 0 Å². The van der Waals surface area contributed by atoms with Crippen LogP contribution in [0, 0.1) is 11.8 Å². The Hall–Kier alpha value is -0.240. The first-order valence-corrected chi connectivity index (χ1v) is 7.51. The largest absolute Gasteiger partial charge is 0.327 e. The molecule has 0 radical (unpaired) electrons. The predicted molar refractivity (Wildman–Crippen MR) is 79.3 cm³/mol. The van der Waals surface area contributed by atoms with Crippen molar-refractivity contribution in [1.82, 2.24) is 0 Å². The summed E-state index contributed by atoms with van der Waals surface area (Å²) >= 11 is 12.2. The highest BCUT2D eigenvalue weighted by Gasteiger charge is 2.24. The van der Waals surface area contributed by atoms with Gasteiger partial charge in [0.2, 0.25) is 0 Å². The lowest BCUT2D eigenvalue weighted by molar-refractivity contribution is 0.245. The van der Waals surface area contributed by atoms with E-state index in [9.17, 15) is 0 Å². The van der Waals surface area contributed by atoms with E-state index in [-0.39, 0.29) is 6.04 Å². The average molecular weight is 286 g/mol. The van der Waals surface area contributed by atoms with Gasteiger partial charge in [0.25, 0.3) is 0 Å². The van der Waals surface area contributed by atoms with Crippen LogP contribution in [0.2, 0.25) is 10.0 Å². The van der Waals surface area contributed by atoms with Gasteiger partial charge in [-0.1, -0.05) is 43.0 Å². The van der Waals surface area contributed by atoms with Gasteiger partial charge in [0.15, 0.2) is 0 Å². The van der Waals surface area contributed by atoms with Crippen LogP contribution in [0.15, 0.2) is 18.2 Å². The molecule has 0 aliphatic heterocycles. The Kier molecular flexibility index (Phi) is 4.94. The van der Waals surface area contributed by atoms with Crippen LogP contribution in [0.3, 0.4) is 0 Å². The van der Waals surface area contributed by atoms with Crippen molar-refractivity contribution in [3.8, 4) is 0 Å². The Morgan fingerprint density at radius 1 is 1.33 bits per heavy atom.